The molecule has 2 nitrogen and oxygen atoms in total. The van der Waals surface area contributed by atoms with Crippen LogP contribution in [0, 0.1) is 0 Å². The minimum absolute atomic E-state index is 0.0924. The predicted octanol–water partition coefficient (Wildman–Crippen LogP) is 4.10. The minimum Gasteiger partial charge on any atom is -0.293 e. The van der Waals surface area contributed by atoms with E-state index in [-0.39, 0.29) is 11.7 Å². The van der Waals surface area contributed by atoms with Gasteiger partial charge in [-0.15, -0.1) is 0 Å². The van der Waals surface area contributed by atoms with E-state index in [1.165, 1.54) is 0 Å². The molecule has 1 heterocycles. The molecule has 1 atom stereocenters. The van der Waals surface area contributed by atoms with E-state index in [0.717, 1.165) is 16.7 Å². The van der Waals surface area contributed by atoms with Gasteiger partial charge in [0.25, 0.3) is 0 Å². The average Bonchev–Trinajstić information content (AvgIpc) is 2.58. The molecule has 3 aromatic rings. The fraction of sp³-hybridized carbons (Fsp3) is 0.0526. The van der Waals surface area contributed by atoms with Crippen molar-refractivity contribution in [1.82, 2.24) is 4.98 Å². The van der Waals surface area contributed by atoms with Crippen LogP contribution in [0.1, 0.15) is 27.4 Å². The largest absolute Gasteiger partial charge is 0.293 e. The second-order valence-corrected chi connectivity index (χ2v) is 4.86. The molecule has 0 aliphatic rings. The van der Waals surface area contributed by atoms with Gasteiger partial charge in [-0.25, -0.2) is 0 Å². The van der Waals surface area contributed by atoms with Gasteiger partial charge in [-0.2, -0.15) is 0 Å². The van der Waals surface area contributed by atoms with Gasteiger partial charge in [0.1, 0.15) is 0 Å². The van der Waals surface area contributed by atoms with E-state index >= 15 is 0 Å². The first kappa shape index (κ1) is 13.3. The summed E-state index contributed by atoms with van der Waals surface area (Å²) in [5.41, 5.74) is 2.62. The van der Waals surface area contributed by atoms with Gasteiger partial charge in [-0.1, -0.05) is 66.7 Å². The Kier molecular flexibility index (Phi) is 3.88. The highest BCUT2D eigenvalue weighted by atomic mass is 16.1. The summed E-state index contributed by atoms with van der Waals surface area (Å²) in [7, 11) is 0. The van der Waals surface area contributed by atoms with E-state index in [1.807, 2.05) is 72.8 Å². The normalized spacial score (nSPS) is 11.8. The summed E-state index contributed by atoms with van der Waals surface area (Å²) < 4.78 is 0. The molecule has 3 rings (SSSR count). The molecule has 0 bridgehead atoms. The number of Topliss-reactive ketones (excluding diaryl/α,β-unsaturated/α-hetero) is 1. The lowest BCUT2D eigenvalue weighted by Crippen LogP contribution is -2.14. The molecule has 0 amide bonds. The van der Waals surface area contributed by atoms with Crippen LogP contribution in [0.4, 0.5) is 0 Å². The van der Waals surface area contributed by atoms with E-state index < -0.39 is 0 Å². The van der Waals surface area contributed by atoms with Crippen molar-refractivity contribution in [3.63, 3.8) is 0 Å². The zero-order chi connectivity index (χ0) is 14.5. The molecule has 0 N–H and O–H groups in total. The van der Waals surface area contributed by atoms with Crippen molar-refractivity contribution in [2.24, 2.45) is 0 Å². The van der Waals surface area contributed by atoms with Gasteiger partial charge in [-0.05, 0) is 17.2 Å². The number of hydrogen-bond acceptors (Lipinski definition) is 2. The Morgan fingerprint density at radius 2 is 1.38 bits per heavy atom. The van der Waals surface area contributed by atoms with Crippen molar-refractivity contribution in [2.45, 2.75) is 5.92 Å². The third kappa shape index (κ3) is 2.90. The van der Waals surface area contributed by atoms with Crippen LogP contribution in [0.25, 0.3) is 0 Å². The fourth-order valence-corrected chi connectivity index (χ4v) is 2.46. The first-order valence-electron chi connectivity index (χ1n) is 6.90. The fourth-order valence-electron chi connectivity index (χ4n) is 2.46. The standard InChI is InChI=1S/C19H15NO/c21-19(16-10-5-2-6-11-16)18(15-8-3-1-4-9-15)17-12-7-13-20-14-17/h1-14,18H. The first-order valence-corrected chi connectivity index (χ1v) is 6.90. The van der Waals surface area contributed by atoms with E-state index in [2.05, 4.69) is 4.98 Å². The molecule has 0 saturated carbocycles. The number of carbonyl (C=O) groups is 1. The third-order valence-electron chi connectivity index (χ3n) is 3.47. The van der Waals surface area contributed by atoms with Gasteiger partial charge in [-0.3, -0.25) is 9.78 Å². The van der Waals surface area contributed by atoms with Crippen molar-refractivity contribution in [1.29, 1.82) is 0 Å². The molecule has 0 aliphatic heterocycles. The van der Waals surface area contributed by atoms with Crippen molar-refractivity contribution in [2.75, 3.05) is 0 Å². The highest BCUT2D eigenvalue weighted by Gasteiger charge is 2.23. The molecule has 0 radical (unpaired) electrons. The second kappa shape index (κ2) is 6.14. The van der Waals surface area contributed by atoms with Crippen LogP contribution in [0.15, 0.2) is 85.2 Å². The zero-order valence-corrected chi connectivity index (χ0v) is 11.5. The number of rotatable bonds is 4. The van der Waals surface area contributed by atoms with Gasteiger partial charge >= 0.3 is 0 Å². The molecule has 1 unspecified atom stereocenters. The molecular weight excluding hydrogens is 258 g/mol. The molecule has 0 saturated heterocycles. The Balaban J connectivity index is 2.07. The maximum atomic E-state index is 12.9. The summed E-state index contributed by atoms with van der Waals surface area (Å²) in [5.74, 6) is -0.225. The van der Waals surface area contributed by atoms with Gasteiger partial charge in [0, 0.05) is 18.0 Å². The summed E-state index contributed by atoms with van der Waals surface area (Å²) in [4.78, 5) is 17.1. The smallest absolute Gasteiger partial charge is 0.174 e. The zero-order valence-electron chi connectivity index (χ0n) is 11.5. The average molecular weight is 273 g/mol. The van der Waals surface area contributed by atoms with E-state index in [4.69, 9.17) is 0 Å². The summed E-state index contributed by atoms with van der Waals surface area (Å²) in [5, 5.41) is 0. The maximum Gasteiger partial charge on any atom is 0.174 e. The van der Waals surface area contributed by atoms with Crippen molar-refractivity contribution in [3.8, 4) is 0 Å². The Hall–Kier alpha value is -2.74. The van der Waals surface area contributed by atoms with Crippen LogP contribution in [0.3, 0.4) is 0 Å². The van der Waals surface area contributed by atoms with Gasteiger partial charge in [0.05, 0.1) is 5.92 Å². The topological polar surface area (TPSA) is 30.0 Å². The summed E-state index contributed by atoms with van der Waals surface area (Å²) in [6.45, 7) is 0. The molecule has 2 heteroatoms. The van der Waals surface area contributed by atoms with Crippen LogP contribution in [0.5, 0.6) is 0 Å². The highest BCUT2D eigenvalue weighted by Crippen LogP contribution is 2.27. The number of nitrogens with zero attached hydrogens (tertiary/aromatic N) is 1. The first-order chi connectivity index (χ1) is 10.4. The Bertz CT molecular complexity index is 669. The second-order valence-electron chi connectivity index (χ2n) is 4.86. The van der Waals surface area contributed by atoms with Crippen LogP contribution in [-0.2, 0) is 0 Å². The lowest BCUT2D eigenvalue weighted by Gasteiger charge is -2.16. The number of carbonyl (C=O) groups excluding carboxylic acids is 1. The molecule has 0 aliphatic carbocycles. The Morgan fingerprint density at radius 3 is 2.00 bits per heavy atom. The summed E-state index contributed by atoms with van der Waals surface area (Å²) in [6, 6.07) is 23.1. The van der Waals surface area contributed by atoms with Crippen LogP contribution >= 0.6 is 0 Å². The molecule has 0 fully saturated rings. The number of ketones is 1. The lowest BCUT2D eigenvalue weighted by atomic mass is 9.86. The molecule has 0 spiro atoms. The van der Waals surface area contributed by atoms with E-state index in [1.54, 1.807) is 12.4 Å². The van der Waals surface area contributed by atoms with E-state index in [9.17, 15) is 4.79 Å². The van der Waals surface area contributed by atoms with Crippen molar-refractivity contribution in [3.05, 3.63) is 102 Å². The summed E-state index contributed by atoms with van der Waals surface area (Å²) >= 11 is 0. The number of pyridine rings is 1. The van der Waals surface area contributed by atoms with Crippen molar-refractivity contribution < 1.29 is 4.79 Å². The molecule has 2 aromatic carbocycles. The Labute approximate surface area is 124 Å². The van der Waals surface area contributed by atoms with Gasteiger partial charge < -0.3 is 0 Å². The molecular formula is C19H15NO. The van der Waals surface area contributed by atoms with Crippen LogP contribution < -0.4 is 0 Å². The van der Waals surface area contributed by atoms with Crippen molar-refractivity contribution >= 4 is 5.78 Å². The van der Waals surface area contributed by atoms with Crippen LogP contribution in [-0.4, -0.2) is 10.8 Å². The summed E-state index contributed by atoms with van der Waals surface area (Å²) in [6.07, 6.45) is 3.48. The van der Waals surface area contributed by atoms with Crippen LogP contribution in [0.2, 0.25) is 0 Å². The van der Waals surface area contributed by atoms with E-state index in [0.29, 0.717) is 0 Å². The minimum atomic E-state index is -0.317. The van der Waals surface area contributed by atoms with Gasteiger partial charge in [0.2, 0.25) is 0 Å². The SMILES string of the molecule is O=C(c1ccccc1)C(c1ccccc1)c1cccnc1. The molecule has 21 heavy (non-hydrogen) atoms. The number of aromatic nitrogens is 1. The number of benzene rings is 2. The van der Waals surface area contributed by atoms with Gasteiger partial charge in [0.15, 0.2) is 5.78 Å². The molecule has 1 aromatic heterocycles. The molecule has 102 valence electrons. The monoisotopic (exact) mass is 273 g/mol. The predicted molar refractivity (Wildman–Crippen MR) is 83.3 cm³/mol. The lowest BCUT2D eigenvalue weighted by molar-refractivity contribution is 0.0974. The Morgan fingerprint density at radius 1 is 0.762 bits per heavy atom. The highest BCUT2D eigenvalue weighted by molar-refractivity contribution is 6.03. The maximum absolute atomic E-state index is 12.9. The quantitative estimate of drug-likeness (QED) is 0.670. The third-order valence-corrected chi connectivity index (χ3v) is 3.47. The number of hydrogen-bond donors (Lipinski definition) is 0.